The van der Waals surface area contributed by atoms with E-state index in [0.29, 0.717) is 25.7 Å². The summed E-state index contributed by atoms with van der Waals surface area (Å²) in [5.74, 6) is -1.29. The molecular weight excluding hydrogens is 452 g/mol. The molecule has 2 atom stereocenters. The molecule has 0 aliphatic carbocycles. The standard InChI is InChI=1S/C31H42O5/c1-30(23-19-28(33)34,25-13-5-3-6-14-25)21-11-9-17-27(32)18-10-12-22-31(2,24-20-29(35)36)26-15-7-4-8-16-26/h3-8,13-16H,9-12,17-24H2,1-2H3,(H,33,34)(H,35,36). The van der Waals surface area contributed by atoms with Gasteiger partial charge in [-0.2, -0.15) is 0 Å². The summed E-state index contributed by atoms with van der Waals surface area (Å²) in [6.45, 7) is 4.25. The lowest BCUT2D eigenvalue weighted by Gasteiger charge is -2.30. The normalized spacial score (nSPS) is 14.5. The number of aliphatic carboxylic acids is 2. The zero-order chi connectivity index (χ0) is 26.4. The van der Waals surface area contributed by atoms with Crippen LogP contribution < -0.4 is 0 Å². The van der Waals surface area contributed by atoms with E-state index in [2.05, 4.69) is 38.1 Å². The van der Waals surface area contributed by atoms with Gasteiger partial charge in [0.2, 0.25) is 0 Å². The summed E-state index contributed by atoms with van der Waals surface area (Å²) in [7, 11) is 0. The van der Waals surface area contributed by atoms with Crippen LogP contribution in [0.5, 0.6) is 0 Å². The lowest BCUT2D eigenvalue weighted by Crippen LogP contribution is -2.23. The second-order valence-corrected chi connectivity index (χ2v) is 10.6. The Kier molecular flexibility index (Phi) is 11.9. The fourth-order valence-electron chi connectivity index (χ4n) is 5.07. The largest absolute Gasteiger partial charge is 0.481 e. The predicted octanol–water partition coefficient (Wildman–Crippen LogP) is 7.32. The zero-order valence-corrected chi connectivity index (χ0v) is 21.9. The molecule has 0 fully saturated rings. The van der Waals surface area contributed by atoms with E-state index in [1.54, 1.807) is 0 Å². The first-order valence-corrected chi connectivity index (χ1v) is 13.2. The van der Waals surface area contributed by atoms with Crippen LogP contribution in [-0.2, 0) is 25.2 Å². The van der Waals surface area contributed by atoms with Gasteiger partial charge in [0.25, 0.3) is 0 Å². The predicted molar refractivity (Wildman–Crippen MR) is 143 cm³/mol. The number of unbranched alkanes of at least 4 members (excludes halogenated alkanes) is 2. The smallest absolute Gasteiger partial charge is 0.303 e. The Hall–Kier alpha value is -2.95. The van der Waals surface area contributed by atoms with Gasteiger partial charge >= 0.3 is 11.9 Å². The molecule has 0 aromatic heterocycles. The van der Waals surface area contributed by atoms with E-state index < -0.39 is 11.9 Å². The van der Waals surface area contributed by atoms with Crippen molar-refractivity contribution < 1.29 is 24.6 Å². The number of carboxylic acid groups (broad SMARTS) is 2. The van der Waals surface area contributed by atoms with Crippen LogP contribution >= 0.6 is 0 Å². The Morgan fingerprint density at radius 2 is 0.917 bits per heavy atom. The Balaban J connectivity index is 1.77. The number of hydrogen-bond donors (Lipinski definition) is 2. The highest BCUT2D eigenvalue weighted by atomic mass is 16.4. The first-order chi connectivity index (χ1) is 17.1. The summed E-state index contributed by atoms with van der Waals surface area (Å²) in [6.07, 6.45) is 7.67. The molecule has 2 aromatic carbocycles. The molecule has 36 heavy (non-hydrogen) atoms. The van der Waals surface area contributed by atoms with E-state index in [9.17, 15) is 14.4 Å². The number of Topliss-reactive ketones (excluding diaryl/α,β-unsaturated/α-hetero) is 1. The molecule has 2 N–H and O–H groups in total. The van der Waals surface area contributed by atoms with Gasteiger partial charge in [-0.3, -0.25) is 14.4 Å². The van der Waals surface area contributed by atoms with Gasteiger partial charge in [-0.25, -0.2) is 0 Å². The van der Waals surface area contributed by atoms with Gasteiger partial charge in [-0.1, -0.05) is 87.4 Å². The molecule has 2 unspecified atom stereocenters. The van der Waals surface area contributed by atoms with Gasteiger partial charge in [-0.05, 0) is 60.5 Å². The average Bonchev–Trinajstić information content (AvgIpc) is 2.88. The molecule has 0 heterocycles. The van der Waals surface area contributed by atoms with Gasteiger partial charge < -0.3 is 10.2 Å². The third kappa shape index (κ3) is 9.96. The fourth-order valence-corrected chi connectivity index (χ4v) is 5.07. The SMILES string of the molecule is CC(CCCCC(=O)CCCCC(C)(CCC(=O)O)c1ccccc1)(CCC(=O)O)c1ccccc1. The molecule has 0 saturated carbocycles. The van der Waals surface area contributed by atoms with Crippen molar-refractivity contribution in [2.24, 2.45) is 0 Å². The van der Waals surface area contributed by atoms with E-state index in [1.807, 2.05) is 36.4 Å². The quantitative estimate of drug-likeness (QED) is 0.212. The summed E-state index contributed by atoms with van der Waals surface area (Å²) in [6, 6.07) is 20.1. The summed E-state index contributed by atoms with van der Waals surface area (Å²) in [4.78, 5) is 34.8. The Morgan fingerprint density at radius 3 is 1.25 bits per heavy atom. The molecule has 0 aliphatic heterocycles. The number of ketones is 1. The molecule has 0 spiro atoms. The van der Waals surface area contributed by atoms with Crippen molar-refractivity contribution in [2.75, 3.05) is 0 Å². The third-order valence-electron chi connectivity index (χ3n) is 7.59. The maximum Gasteiger partial charge on any atom is 0.303 e. The molecule has 5 heteroatoms. The van der Waals surface area contributed by atoms with Gasteiger partial charge in [-0.15, -0.1) is 0 Å². The number of rotatable bonds is 18. The average molecular weight is 495 g/mol. The topological polar surface area (TPSA) is 91.7 Å². The van der Waals surface area contributed by atoms with Gasteiger partial charge in [0, 0.05) is 25.7 Å². The summed E-state index contributed by atoms with van der Waals surface area (Å²) >= 11 is 0. The van der Waals surface area contributed by atoms with Gasteiger partial charge in [0.1, 0.15) is 5.78 Å². The fraction of sp³-hybridized carbons (Fsp3) is 0.516. The Labute approximate surface area is 215 Å². The second kappa shape index (κ2) is 14.6. The highest BCUT2D eigenvalue weighted by Crippen LogP contribution is 2.36. The highest BCUT2D eigenvalue weighted by Gasteiger charge is 2.28. The monoisotopic (exact) mass is 494 g/mol. The van der Waals surface area contributed by atoms with E-state index in [0.717, 1.165) is 49.7 Å². The van der Waals surface area contributed by atoms with Crippen molar-refractivity contribution in [1.82, 2.24) is 0 Å². The summed E-state index contributed by atoms with van der Waals surface area (Å²) < 4.78 is 0. The van der Waals surface area contributed by atoms with E-state index in [4.69, 9.17) is 10.2 Å². The van der Waals surface area contributed by atoms with Crippen LogP contribution in [0.25, 0.3) is 0 Å². The minimum absolute atomic E-state index is 0.138. The van der Waals surface area contributed by atoms with E-state index in [-0.39, 0.29) is 29.5 Å². The van der Waals surface area contributed by atoms with Crippen LogP contribution in [0, 0.1) is 0 Å². The number of carbonyl (C=O) groups is 3. The van der Waals surface area contributed by atoms with Crippen LogP contribution in [-0.4, -0.2) is 27.9 Å². The van der Waals surface area contributed by atoms with E-state index in [1.165, 1.54) is 0 Å². The van der Waals surface area contributed by atoms with Crippen molar-refractivity contribution >= 4 is 17.7 Å². The molecule has 0 radical (unpaired) electrons. The van der Waals surface area contributed by atoms with Crippen LogP contribution in [0.1, 0.15) is 102 Å². The second-order valence-electron chi connectivity index (χ2n) is 10.6. The lowest BCUT2D eigenvalue weighted by atomic mass is 9.74. The first kappa shape index (κ1) is 29.3. The number of carboxylic acids is 2. The third-order valence-corrected chi connectivity index (χ3v) is 7.59. The molecule has 196 valence electrons. The minimum atomic E-state index is -0.779. The van der Waals surface area contributed by atoms with Gasteiger partial charge in [0.05, 0.1) is 0 Å². The summed E-state index contributed by atoms with van der Waals surface area (Å²) in [5.41, 5.74) is 1.89. The van der Waals surface area contributed by atoms with Crippen LogP contribution in [0.2, 0.25) is 0 Å². The Bertz CT molecular complexity index is 878. The van der Waals surface area contributed by atoms with Crippen molar-refractivity contribution in [3.8, 4) is 0 Å². The number of benzene rings is 2. The maximum absolute atomic E-state index is 12.5. The molecule has 0 aliphatic rings. The van der Waals surface area contributed by atoms with Crippen molar-refractivity contribution in [3.05, 3.63) is 71.8 Å². The maximum atomic E-state index is 12.5. The molecule has 2 aromatic rings. The molecule has 5 nitrogen and oxygen atoms in total. The van der Waals surface area contributed by atoms with Crippen molar-refractivity contribution in [2.45, 2.75) is 102 Å². The van der Waals surface area contributed by atoms with Crippen LogP contribution in [0.15, 0.2) is 60.7 Å². The molecular formula is C31H42O5. The molecule has 0 bridgehead atoms. The number of hydrogen-bond acceptors (Lipinski definition) is 3. The van der Waals surface area contributed by atoms with E-state index >= 15 is 0 Å². The number of carbonyl (C=O) groups excluding carboxylic acids is 1. The van der Waals surface area contributed by atoms with Crippen molar-refractivity contribution in [1.29, 1.82) is 0 Å². The van der Waals surface area contributed by atoms with Gasteiger partial charge in [0.15, 0.2) is 0 Å². The first-order valence-electron chi connectivity index (χ1n) is 13.2. The Morgan fingerprint density at radius 1 is 0.556 bits per heavy atom. The van der Waals surface area contributed by atoms with Crippen LogP contribution in [0.4, 0.5) is 0 Å². The molecule has 0 amide bonds. The lowest BCUT2D eigenvalue weighted by molar-refractivity contribution is -0.138. The van der Waals surface area contributed by atoms with Crippen LogP contribution in [0.3, 0.4) is 0 Å². The summed E-state index contributed by atoms with van der Waals surface area (Å²) in [5, 5.41) is 18.3. The minimum Gasteiger partial charge on any atom is -0.481 e. The van der Waals surface area contributed by atoms with Crippen molar-refractivity contribution in [3.63, 3.8) is 0 Å². The molecule has 0 saturated heterocycles. The zero-order valence-electron chi connectivity index (χ0n) is 21.9. The highest BCUT2D eigenvalue weighted by molar-refractivity contribution is 5.78. The molecule has 2 rings (SSSR count).